The lowest BCUT2D eigenvalue weighted by atomic mass is 9.79. The molecule has 0 aliphatic rings. The van der Waals surface area contributed by atoms with Crippen molar-refractivity contribution < 1.29 is 9.59 Å². The van der Waals surface area contributed by atoms with E-state index in [0.717, 1.165) is 25.7 Å². The Hall–Kier alpha value is -0.700. The van der Waals surface area contributed by atoms with Gasteiger partial charge in [0.1, 0.15) is 11.6 Å². The summed E-state index contributed by atoms with van der Waals surface area (Å²) in [6.45, 7) is 8.34. The average molecular weight is 508 g/mol. The van der Waals surface area contributed by atoms with Crippen molar-refractivity contribution in [2.75, 3.05) is 0 Å². The van der Waals surface area contributed by atoms with E-state index in [1.807, 2.05) is 13.8 Å². The molecule has 0 aromatic rings. The van der Waals surface area contributed by atoms with Gasteiger partial charge in [-0.2, -0.15) is 0 Å². The Bertz CT molecular complexity index is 508. The van der Waals surface area contributed by atoms with Gasteiger partial charge in [0.05, 0.1) is 0 Å². The van der Waals surface area contributed by atoms with Crippen molar-refractivity contribution in [3.05, 3.63) is 0 Å². The molecule has 0 rings (SSSR count). The molecule has 2 N–H and O–H groups in total. The molecule has 0 saturated heterocycles. The first-order valence-corrected chi connectivity index (χ1v) is 16.2. The largest absolute Gasteiger partial charge is 0.325 e. The van der Waals surface area contributed by atoms with Gasteiger partial charge >= 0.3 is 0 Å². The van der Waals surface area contributed by atoms with Crippen LogP contribution in [0.15, 0.2) is 0 Å². The SMILES string of the molecule is CCCCCCCCCCCCCC(=O)CC(C(=O)CCCCCCCCCCCCC)C(C)(C)N. The summed E-state index contributed by atoms with van der Waals surface area (Å²) < 4.78 is 0. The topological polar surface area (TPSA) is 60.2 Å². The van der Waals surface area contributed by atoms with Crippen LogP contribution in [0, 0.1) is 5.92 Å². The van der Waals surface area contributed by atoms with Crippen LogP contribution in [0.5, 0.6) is 0 Å². The second kappa shape index (κ2) is 24.6. The summed E-state index contributed by atoms with van der Waals surface area (Å²) >= 11 is 0. The predicted octanol–water partition coefficient (Wildman–Crippen LogP) is 10.3. The van der Waals surface area contributed by atoms with E-state index in [1.54, 1.807) is 0 Å². The molecule has 0 radical (unpaired) electrons. The van der Waals surface area contributed by atoms with Crippen LogP contribution in [0.3, 0.4) is 0 Å². The molecule has 214 valence electrons. The summed E-state index contributed by atoms with van der Waals surface area (Å²) in [6.07, 6.45) is 29.7. The lowest BCUT2D eigenvalue weighted by Gasteiger charge is -2.29. The fourth-order valence-electron chi connectivity index (χ4n) is 5.25. The number of hydrogen-bond donors (Lipinski definition) is 1. The third-order valence-corrected chi connectivity index (χ3v) is 7.80. The van der Waals surface area contributed by atoms with Gasteiger partial charge in [0.25, 0.3) is 0 Å². The van der Waals surface area contributed by atoms with E-state index in [0.29, 0.717) is 19.3 Å². The van der Waals surface area contributed by atoms with E-state index < -0.39 is 5.54 Å². The van der Waals surface area contributed by atoms with Crippen molar-refractivity contribution >= 4 is 11.6 Å². The molecule has 0 spiro atoms. The standard InChI is InChI=1S/C33H65NO2/c1-5-7-9-11-13-15-17-19-21-23-25-27-30(35)29-31(33(3,4)34)32(36)28-26-24-22-20-18-16-14-12-10-8-6-2/h31H,5-29,34H2,1-4H3. The zero-order valence-corrected chi connectivity index (χ0v) is 25.1. The van der Waals surface area contributed by atoms with Crippen LogP contribution in [0.1, 0.15) is 188 Å². The molecular weight excluding hydrogens is 442 g/mol. The van der Waals surface area contributed by atoms with Crippen molar-refractivity contribution in [2.24, 2.45) is 11.7 Å². The summed E-state index contributed by atoms with van der Waals surface area (Å²) in [5.41, 5.74) is 5.72. The Morgan fingerprint density at radius 1 is 0.528 bits per heavy atom. The van der Waals surface area contributed by atoms with Gasteiger partial charge in [-0.25, -0.2) is 0 Å². The number of nitrogens with two attached hydrogens (primary N) is 1. The van der Waals surface area contributed by atoms with Crippen LogP contribution >= 0.6 is 0 Å². The highest BCUT2D eigenvalue weighted by Crippen LogP contribution is 2.24. The minimum absolute atomic E-state index is 0.200. The van der Waals surface area contributed by atoms with Gasteiger partial charge in [-0.15, -0.1) is 0 Å². The van der Waals surface area contributed by atoms with Gasteiger partial charge < -0.3 is 5.73 Å². The maximum Gasteiger partial charge on any atom is 0.138 e. The van der Waals surface area contributed by atoms with Gasteiger partial charge in [-0.05, 0) is 26.7 Å². The van der Waals surface area contributed by atoms with Gasteiger partial charge in [0.2, 0.25) is 0 Å². The molecule has 0 aromatic heterocycles. The Morgan fingerprint density at radius 2 is 0.833 bits per heavy atom. The number of rotatable bonds is 28. The third kappa shape index (κ3) is 22.5. The third-order valence-electron chi connectivity index (χ3n) is 7.80. The highest BCUT2D eigenvalue weighted by molar-refractivity contribution is 5.88. The second-order valence-corrected chi connectivity index (χ2v) is 12.2. The maximum atomic E-state index is 12.9. The first-order chi connectivity index (χ1) is 17.3. The molecule has 0 aliphatic carbocycles. The molecule has 3 nitrogen and oxygen atoms in total. The molecule has 0 bridgehead atoms. The Kier molecular flexibility index (Phi) is 24.1. The van der Waals surface area contributed by atoms with Crippen LogP contribution in [0.4, 0.5) is 0 Å². The quantitative estimate of drug-likeness (QED) is 0.107. The van der Waals surface area contributed by atoms with Crippen LogP contribution in [-0.2, 0) is 9.59 Å². The number of Topliss-reactive ketones (excluding diaryl/α,β-unsaturated/α-hetero) is 2. The van der Waals surface area contributed by atoms with Crippen molar-refractivity contribution in [1.82, 2.24) is 0 Å². The Morgan fingerprint density at radius 3 is 1.17 bits per heavy atom. The number of carbonyl (C=O) groups excluding carboxylic acids is 2. The molecule has 0 amide bonds. The molecule has 0 heterocycles. The van der Waals surface area contributed by atoms with Crippen LogP contribution in [0.25, 0.3) is 0 Å². The number of carbonyl (C=O) groups is 2. The monoisotopic (exact) mass is 508 g/mol. The Labute approximate surface area is 226 Å². The highest BCUT2D eigenvalue weighted by Gasteiger charge is 2.32. The van der Waals surface area contributed by atoms with E-state index >= 15 is 0 Å². The highest BCUT2D eigenvalue weighted by atomic mass is 16.1. The Balaban J connectivity index is 3.90. The summed E-state index contributed by atoms with van der Waals surface area (Å²) in [6, 6.07) is 0. The summed E-state index contributed by atoms with van der Waals surface area (Å²) in [5.74, 6) is 0.0910. The molecule has 3 heteroatoms. The molecule has 36 heavy (non-hydrogen) atoms. The first kappa shape index (κ1) is 35.3. The van der Waals surface area contributed by atoms with E-state index in [4.69, 9.17) is 5.73 Å². The van der Waals surface area contributed by atoms with Crippen LogP contribution in [0.2, 0.25) is 0 Å². The maximum absolute atomic E-state index is 12.9. The van der Waals surface area contributed by atoms with Crippen molar-refractivity contribution in [1.29, 1.82) is 0 Å². The van der Waals surface area contributed by atoms with E-state index in [9.17, 15) is 9.59 Å². The van der Waals surface area contributed by atoms with Crippen LogP contribution < -0.4 is 5.73 Å². The van der Waals surface area contributed by atoms with Gasteiger partial charge in [-0.3, -0.25) is 9.59 Å². The van der Waals surface area contributed by atoms with Gasteiger partial charge in [-0.1, -0.05) is 142 Å². The fraction of sp³-hybridized carbons (Fsp3) is 0.939. The normalized spacial score (nSPS) is 12.7. The summed E-state index contributed by atoms with van der Waals surface area (Å²) in [5, 5.41) is 0. The summed E-state index contributed by atoms with van der Waals surface area (Å²) in [7, 11) is 0. The van der Waals surface area contributed by atoms with Crippen molar-refractivity contribution in [3.8, 4) is 0 Å². The van der Waals surface area contributed by atoms with E-state index in [2.05, 4.69) is 13.8 Å². The average Bonchev–Trinajstić information content (AvgIpc) is 2.83. The van der Waals surface area contributed by atoms with Gasteiger partial charge in [0, 0.05) is 30.7 Å². The lowest BCUT2D eigenvalue weighted by Crippen LogP contribution is -2.46. The number of unbranched alkanes of at least 4 members (excludes halogenated alkanes) is 20. The fourth-order valence-corrected chi connectivity index (χ4v) is 5.25. The molecule has 0 fully saturated rings. The minimum Gasteiger partial charge on any atom is -0.325 e. The summed E-state index contributed by atoms with van der Waals surface area (Å²) in [4.78, 5) is 25.5. The van der Waals surface area contributed by atoms with Crippen LogP contribution in [-0.4, -0.2) is 17.1 Å². The zero-order chi connectivity index (χ0) is 26.9. The smallest absolute Gasteiger partial charge is 0.138 e. The molecule has 0 aromatic carbocycles. The molecule has 1 atom stereocenters. The zero-order valence-electron chi connectivity index (χ0n) is 25.1. The minimum atomic E-state index is -0.623. The van der Waals surface area contributed by atoms with Crippen molar-refractivity contribution in [2.45, 2.75) is 194 Å². The number of ketones is 2. The molecule has 0 aliphatic heterocycles. The first-order valence-electron chi connectivity index (χ1n) is 16.2. The molecule has 1 unspecified atom stereocenters. The van der Waals surface area contributed by atoms with E-state index in [-0.39, 0.29) is 17.5 Å². The second-order valence-electron chi connectivity index (χ2n) is 12.2. The van der Waals surface area contributed by atoms with Crippen molar-refractivity contribution in [3.63, 3.8) is 0 Å². The number of hydrogen-bond acceptors (Lipinski definition) is 3. The van der Waals surface area contributed by atoms with Gasteiger partial charge in [0.15, 0.2) is 0 Å². The molecule has 0 saturated carbocycles. The lowest BCUT2D eigenvalue weighted by molar-refractivity contribution is -0.130. The predicted molar refractivity (Wildman–Crippen MR) is 159 cm³/mol. The van der Waals surface area contributed by atoms with E-state index in [1.165, 1.54) is 116 Å². The molecular formula is C33H65NO2.